The van der Waals surface area contributed by atoms with Crippen molar-refractivity contribution in [2.75, 3.05) is 26.3 Å². The molecular weight excluding hydrogens is 268 g/mol. The Kier molecular flexibility index (Phi) is 4.69. The summed E-state index contributed by atoms with van der Waals surface area (Å²) >= 11 is 0. The second-order valence-corrected chi connectivity index (χ2v) is 6.88. The maximum absolute atomic E-state index is 12.4. The van der Waals surface area contributed by atoms with E-state index in [1.54, 1.807) is 0 Å². The number of morpholine rings is 1. The third-order valence-electron chi connectivity index (χ3n) is 5.06. The molecule has 1 aliphatic carbocycles. The van der Waals surface area contributed by atoms with Gasteiger partial charge < -0.3 is 19.7 Å². The molecule has 0 bridgehead atoms. The number of carbonyl (C=O) groups is 1. The van der Waals surface area contributed by atoms with Gasteiger partial charge in [-0.15, -0.1) is 0 Å². The molecule has 2 atom stereocenters. The topological polar surface area (TPSA) is 50.8 Å². The molecule has 120 valence electrons. The summed E-state index contributed by atoms with van der Waals surface area (Å²) in [6.45, 7) is 5.09. The normalized spacial score (nSPS) is 29.8. The minimum Gasteiger partial charge on any atom is -0.378 e. The molecule has 0 aromatic heterocycles. The summed E-state index contributed by atoms with van der Waals surface area (Å²) in [4.78, 5) is 14.4. The molecule has 2 saturated heterocycles. The second kappa shape index (κ2) is 6.53. The van der Waals surface area contributed by atoms with Crippen molar-refractivity contribution in [3.05, 3.63) is 0 Å². The van der Waals surface area contributed by atoms with Crippen LogP contribution in [0.15, 0.2) is 0 Å². The predicted octanol–water partition coefficient (Wildman–Crippen LogP) is 2.30. The summed E-state index contributed by atoms with van der Waals surface area (Å²) < 4.78 is 11.6. The molecule has 3 fully saturated rings. The van der Waals surface area contributed by atoms with E-state index < -0.39 is 0 Å². The number of nitrogens with zero attached hydrogens (tertiary/aromatic N) is 1. The van der Waals surface area contributed by atoms with Crippen LogP contribution in [0.25, 0.3) is 0 Å². The van der Waals surface area contributed by atoms with Crippen LogP contribution < -0.4 is 5.32 Å². The first-order valence-corrected chi connectivity index (χ1v) is 8.48. The molecule has 3 rings (SSSR count). The van der Waals surface area contributed by atoms with Crippen molar-refractivity contribution in [1.82, 2.24) is 10.2 Å². The van der Waals surface area contributed by atoms with Gasteiger partial charge in [-0.25, -0.2) is 4.79 Å². The first kappa shape index (κ1) is 15.1. The van der Waals surface area contributed by atoms with Gasteiger partial charge in [-0.3, -0.25) is 0 Å². The molecule has 3 aliphatic rings. The third-order valence-corrected chi connectivity index (χ3v) is 5.06. The van der Waals surface area contributed by atoms with Crippen molar-refractivity contribution in [2.24, 2.45) is 0 Å². The van der Waals surface area contributed by atoms with E-state index in [1.165, 1.54) is 12.8 Å². The SMILES string of the molecule is C[C@@H](C[C@H]1CCCO1)NC(=O)N1CCOC2(CCCC2)C1. The summed E-state index contributed by atoms with van der Waals surface area (Å²) in [5, 5.41) is 3.13. The summed E-state index contributed by atoms with van der Waals surface area (Å²) in [6.07, 6.45) is 8.17. The van der Waals surface area contributed by atoms with Gasteiger partial charge in [-0.05, 0) is 39.0 Å². The summed E-state index contributed by atoms with van der Waals surface area (Å²) in [6, 6.07) is 0.234. The molecule has 0 aromatic carbocycles. The molecular formula is C16H28N2O3. The van der Waals surface area contributed by atoms with E-state index in [-0.39, 0.29) is 17.7 Å². The summed E-state index contributed by atoms with van der Waals surface area (Å²) in [7, 11) is 0. The molecule has 0 aromatic rings. The van der Waals surface area contributed by atoms with E-state index in [4.69, 9.17) is 9.47 Å². The molecule has 0 radical (unpaired) electrons. The fraction of sp³-hybridized carbons (Fsp3) is 0.938. The lowest BCUT2D eigenvalue weighted by atomic mass is 10.00. The molecule has 5 nitrogen and oxygen atoms in total. The van der Waals surface area contributed by atoms with E-state index in [9.17, 15) is 4.79 Å². The van der Waals surface area contributed by atoms with Gasteiger partial charge in [-0.1, -0.05) is 12.8 Å². The zero-order valence-corrected chi connectivity index (χ0v) is 13.1. The lowest BCUT2D eigenvalue weighted by molar-refractivity contribution is -0.0927. The van der Waals surface area contributed by atoms with Crippen molar-refractivity contribution in [3.63, 3.8) is 0 Å². The van der Waals surface area contributed by atoms with Crippen LogP contribution in [0.1, 0.15) is 51.9 Å². The van der Waals surface area contributed by atoms with Gasteiger partial charge in [0.25, 0.3) is 0 Å². The van der Waals surface area contributed by atoms with Crippen molar-refractivity contribution in [3.8, 4) is 0 Å². The monoisotopic (exact) mass is 296 g/mol. The van der Waals surface area contributed by atoms with Gasteiger partial charge in [0.15, 0.2) is 0 Å². The van der Waals surface area contributed by atoms with E-state index in [0.29, 0.717) is 19.3 Å². The van der Waals surface area contributed by atoms with Gasteiger partial charge >= 0.3 is 6.03 Å². The lowest BCUT2D eigenvalue weighted by Crippen LogP contribution is -2.56. The van der Waals surface area contributed by atoms with Gasteiger partial charge in [0, 0.05) is 19.2 Å². The number of nitrogens with one attached hydrogen (secondary N) is 1. The average Bonchev–Trinajstić information content (AvgIpc) is 3.11. The fourth-order valence-electron chi connectivity index (χ4n) is 3.93. The van der Waals surface area contributed by atoms with Crippen LogP contribution in [-0.4, -0.2) is 55.0 Å². The molecule has 1 N–H and O–H groups in total. The van der Waals surface area contributed by atoms with Crippen LogP contribution in [0.2, 0.25) is 0 Å². The number of hydrogen-bond acceptors (Lipinski definition) is 3. The number of amides is 2. The standard InChI is InChI=1S/C16H28N2O3/c1-13(11-14-5-4-9-20-14)17-15(19)18-8-10-21-16(12-18)6-2-3-7-16/h13-14H,2-12H2,1H3,(H,17,19)/t13-,14+/m0/s1. The smallest absolute Gasteiger partial charge is 0.317 e. The molecule has 5 heteroatoms. The number of carbonyl (C=O) groups excluding carboxylic acids is 1. The maximum atomic E-state index is 12.4. The Morgan fingerprint density at radius 2 is 2.14 bits per heavy atom. The summed E-state index contributed by atoms with van der Waals surface area (Å²) in [5.74, 6) is 0. The Balaban J connectivity index is 1.47. The molecule has 1 saturated carbocycles. The van der Waals surface area contributed by atoms with Gasteiger partial charge in [0.1, 0.15) is 0 Å². The zero-order chi connectivity index (χ0) is 14.7. The van der Waals surface area contributed by atoms with Crippen LogP contribution in [-0.2, 0) is 9.47 Å². The van der Waals surface area contributed by atoms with Gasteiger partial charge in [-0.2, -0.15) is 0 Å². The Bertz CT molecular complexity index is 363. The number of hydrogen-bond donors (Lipinski definition) is 1. The van der Waals surface area contributed by atoms with E-state index in [0.717, 1.165) is 45.3 Å². The van der Waals surface area contributed by atoms with Crippen LogP contribution in [0, 0.1) is 0 Å². The molecule has 2 heterocycles. The Morgan fingerprint density at radius 3 is 2.86 bits per heavy atom. The van der Waals surface area contributed by atoms with Crippen molar-refractivity contribution < 1.29 is 14.3 Å². The highest BCUT2D eigenvalue weighted by Crippen LogP contribution is 2.35. The predicted molar refractivity (Wildman–Crippen MR) is 80.3 cm³/mol. The van der Waals surface area contributed by atoms with Crippen LogP contribution in [0.4, 0.5) is 4.79 Å². The first-order valence-electron chi connectivity index (χ1n) is 8.48. The highest BCUT2D eigenvalue weighted by molar-refractivity contribution is 5.74. The quantitative estimate of drug-likeness (QED) is 0.869. The molecule has 21 heavy (non-hydrogen) atoms. The highest BCUT2D eigenvalue weighted by atomic mass is 16.5. The average molecular weight is 296 g/mol. The Morgan fingerprint density at radius 1 is 1.33 bits per heavy atom. The van der Waals surface area contributed by atoms with Crippen molar-refractivity contribution in [1.29, 1.82) is 0 Å². The van der Waals surface area contributed by atoms with Gasteiger partial charge in [0.05, 0.1) is 24.9 Å². The lowest BCUT2D eigenvalue weighted by Gasteiger charge is -2.40. The minimum atomic E-state index is -0.0482. The van der Waals surface area contributed by atoms with E-state index >= 15 is 0 Å². The van der Waals surface area contributed by atoms with E-state index in [1.807, 2.05) is 4.90 Å². The van der Waals surface area contributed by atoms with Crippen molar-refractivity contribution >= 4 is 6.03 Å². The zero-order valence-electron chi connectivity index (χ0n) is 13.1. The number of urea groups is 1. The molecule has 2 amide bonds. The number of ether oxygens (including phenoxy) is 2. The minimum absolute atomic E-state index is 0.0482. The van der Waals surface area contributed by atoms with Crippen molar-refractivity contribution in [2.45, 2.75) is 69.6 Å². The highest BCUT2D eigenvalue weighted by Gasteiger charge is 2.40. The Labute approximate surface area is 127 Å². The molecule has 1 spiro atoms. The maximum Gasteiger partial charge on any atom is 0.317 e. The van der Waals surface area contributed by atoms with Crippen LogP contribution in [0.5, 0.6) is 0 Å². The molecule has 2 aliphatic heterocycles. The number of rotatable bonds is 3. The third kappa shape index (κ3) is 3.69. The van der Waals surface area contributed by atoms with Crippen LogP contribution >= 0.6 is 0 Å². The largest absolute Gasteiger partial charge is 0.378 e. The van der Waals surface area contributed by atoms with Crippen LogP contribution in [0.3, 0.4) is 0 Å². The van der Waals surface area contributed by atoms with E-state index in [2.05, 4.69) is 12.2 Å². The summed E-state index contributed by atoms with van der Waals surface area (Å²) in [5.41, 5.74) is -0.0482. The molecule has 0 unspecified atom stereocenters. The van der Waals surface area contributed by atoms with Gasteiger partial charge in [0.2, 0.25) is 0 Å². The fourth-order valence-corrected chi connectivity index (χ4v) is 3.93. The Hall–Kier alpha value is -0.810. The second-order valence-electron chi connectivity index (χ2n) is 6.88. The first-order chi connectivity index (χ1) is 10.2.